The normalized spacial score (nSPS) is 22.3. The summed E-state index contributed by atoms with van der Waals surface area (Å²) in [6.45, 7) is 4.68. The molecule has 10 heteroatoms. The van der Waals surface area contributed by atoms with Gasteiger partial charge in [-0.2, -0.15) is 5.26 Å². The van der Waals surface area contributed by atoms with Gasteiger partial charge in [0.05, 0.1) is 36.3 Å². The molecular weight excluding hydrogens is 514 g/mol. The summed E-state index contributed by atoms with van der Waals surface area (Å²) in [5.41, 5.74) is 3.42. The van der Waals surface area contributed by atoms with Crippen LogP contribution in [0, 0.1) is 34.8 Å². The maximum atomic E-state index is 15.9. The van der Waals surface area contributed by atoms with Gasteiger partial charge in [0.1, 0.15) is 29.0 Å². The molecule has 0 amide bonds. The molecule has 3 unspecified atom stereocenters. The number of nitrogens with zero attached hydrogens (tertiary/aromatic N) is 6. The Balaban J connectivity index is 1.37. The van der Waals surface area contributed by atoms with Crippen molar-refractivity contribution in [3.8, 4) is 23.1 Å². The number of hydrogen-bond donors (Lipinski definition) is 0. The van der Waals surface area contributed by atoms with Gasteiger partial charge >= 0.3 is 0 Å². The van der Waals surface area contributed by atoms with Crippen LogP contribution in [0.4, 0.5) is 20.2 Å². The molecular formula is C30H28F2N6O2. The zero-order valence-corrected chi connectivity index (χ0v) is 22.1. The Morgan fingerprint density at radius 1 is 0.975 bits per heavy atom. The number of nitriles is 1. The summed E-state index contributed by atoms with van der Waals surface area (Å²) < 4.78 is 43.5. The van der Waals surface area contributed by atoms with E-state index < -0.39 is 11.6 Å². The molecule has 8 nitrogen and oxygen atoms in total. The van der Waals surface area contributed by atoms with Crippen molar-refractivity contribution in [2.75, 3.05) is 56.3 Å². The number of aromatic nitrogens is 3. The number of fused-ring (bicyclic) bond motifs is 2. The Hall–Kier alpha value is -4.07. The monoisotopic (exact) mass is 542 g/mol. The van der Waals surface area contributed by atoms with Gasteiger partial charge in [0.15, 0.2) is 5.65 Å². The third kappa shape index (κ3) is 4.08. The molecule has 2 aromatic carbocycles. The van der Waals surface area contributed by atoms with Gasteiger partial charge in [0.25, 0.3) is 0 Å². The van der Waals surface area contributed by atoms with Gasteiger partial charge in [-0.15, -0.1) is 0 Å². The Morgan fingerprint density at radius 3 is 2.50 bits per heavy atom. The number of imidazole rings is 1. The van der Waals surface area contributed by atoms with Crippen molar-refractivity contribution in [2.24, 2.45) is 11.8 Å². The fourth-order valence-corrected chi connectivity index (χ4v) is 6.29. The molecule has 0 bridgehead atoms. The first-order chi connectivity index (χ1) is 19.5. The number of pyridine rings is 1. The highest BCUT2D eigenvalue weighted by atomic mass is 19.1. The van der Waals surface area contributed by atoms with Gasteiger partial charge in [-0.1, -0.05) is 0 Å². The number of halogens is 2. The van der Waals surface area contributed by atoms with Crippen molar-refractivity contribution >= 4 is 22.5 Å². The van der Waals surface area contributed by atoms with E-state index in [-0.39, 0.29) is 17.4 Å². The van der Waals surface area contributed by atoms with Crippen molar-refractivity contribution < 1.29 is 18.3 Å². The number of anilines is 2. The summed E-state index contributed by atoms with van der Waals surface area (Å²) in [7, 11) is 1.69. The Morgan fingerprint density at radius 2 is 1.80 bits per heavy atom. The van der Waals surface area contributed by atoms with Gasteiger partial charge in [-0.25, -0.2) is 18.7 Å². The van der Waals surface area contributed by atoms with Crippen LogP contribution < -0.4 is 9.80 Å². The Bertz CT molecular complexity index is 1640. The molecule has 0 saturated carbocycles. The van der Waals surface area contributed by atoms with Gasteiger partial charge in [-0.05, 0) is 48.9 Å². The van der Waals surface area contributed by atoms with E-state index in [1.165, 1.54) is 18.2 Å². The van der Waals surface area contributed by atoms with E-state index in [0.717, 1.165) is 50.6 Å². The lowest BCUT2D eigenvalue weighted by Gasteiger charge is -2.20. The van der Waals surface area contributed by atoms with E-state index in [9.17, 15) is 9.65 Å². The molecule has 3 atom stereocenters. The second kappa shape index (κ2) is 9.84. The Kier molecular flexibility index (Phi) is 6.13. The molecule has 7 rings (SSSR count). The van der Waals surface area contributed by atoms with E-state index in [0.29, 0.717) is 40.9 Å². The van der Waals surface area contributed by atoms with Gasteiger partial charge in [0.2, 0.25) is 0 Å². The lowest BCUT2D eigenvalue weighted by Crippen LogP contribution is -2.22. The molecule has 3 fully saturated rings. The summed E-state index contributed by atoms with van der Waals surface area (Å²) in [5.74, 6) is 0.189. The van der Waals surface area contributed by atoms with E-state index in [1.807, 2.05) is 18.2 Å². The molecule has 0 spiro atoms. The number of methoxy groups -OCH3 is 1. The third-order valence-electron chi connectivity index (χ3n) is 8.47. The predicted molar refractivity (Wildman–Crippen MR) is 147 cm³/mol. The minimum absolute atomic E-state index is 0.0634. The van der Waals surface area contributed by atoms with Crippen molar-refractivity contribution in [1.29, 1.82) is 5.26 Å². The highest BCUT2D eigenvalue weighted by Crippen LogP contribution is 2.38. The topological polar surface area (TPSA) is 79.4 Å². The van der Waals surface area contributed by atoms with E-state index in [1.54, 1.807) is 30.0 Å². The third-order valence-corrected chi connectivity index (χ3v) is 8.47. The fourth-order valence-electron chi connectivity index (χ4n) is 6.29. The largest absolute Gasteiger partial charge is 0.381 e. The van der Waals surface area contributed by atoms with Crippen LogP contribution in [0.5, 0.6) is 0 Å². The maximum Gasteiger partial charge on any atom is 0.167 e. The van der Waals surface area contributed by atoms with Crippen LogP contribution in [-0.2, 0) is 9.47 Å². The fraction of sp³-hybridized carbons (Fsp3) is 0.367. The molecule has 5 heterocycles. The standard InChI is InChI=1S/C30H28F2N6O2/c1-39-23-7-9-36(15-23)22-4-5-26(25(32)11-22)38-29(18-2-3-19(12-33)24(31)10-18)35-28-27(6-8-34-30(28)38)37-13-20-16-40-17-21(20)14-37/h2-6,8,10-11,20-21,23H,7,9,13-17H2,1H3. The van der Waals surface area contributed by atoms with Crippen molar-refractivity contribution in [3.63, 3.8) is 0 Å². The van der Waals surface area contributed by atoms with E-state index >= 15 is 4.39 Å². The summed E-state index contributed by atoms with van der Waals surface area (Å²) in [6.07, 6.45) is 2.72. The molecule has 3 aliphatic heterocycles. The smallest absolute Gasteiger partial charge is 0.167 e. The van der Waals surface area contributed by atoms with Gasteiger partial charge in [0, 0.05) is 62.6 Å². The van der Waals surface area contributed by atoms with Crippen molar-refractivity contribution in [2.45, 2.75) is 12.5 Å². The average molecular weight is 543 g/mol. The number of ether oxygens (including phenoxy) is 2. The van der Waals surface area contributed by atoms with Crippen LogP contribution in [0.25, 0.3) is 28.2 Å². The van der Waals surface area contributed by atoms with Crippen molar-refractivity contribution in [3.05, 3.63) is 65.9 Å². The lowest BCUT2D eigenvalue weighted by molar-refractivity contribution is 0.121. The number of hydrogen-bond acceptors (Lipinski definition) is 7. The minimum atomic E-state index is -0.656. The molecule has 3 aliphatic rings. The second-order valence-corrected chi connectivity index (χ2v) is 10.8. The van der Waals surface area contributed by atoms with Crippen LogP contribution in [-0.4, -0.2) is 67.1 Å². The highest BCUT2D eigenvalue weighted by molar-refractivity contribution is 5.91. The minimum Gasteiger partial charge on any atom is -0.381 e. The first-order valence-corrected chi connectivity index (χ1v) is 13.5. The SMILES string of the molecule is COC1CCN(c2ccc(-n3c(-c4ccc(C#N)c(F)c4)nc4c(N5CC6COCC6C5)ccnc43)c(F)c2)C1. The molecule has 0 N–H and O–H groups in total. The van der Waals surface area contributed by atoms with E-state index in [4.69, 9.17) is 14.5 Å². The summed E-state index contributed by atoms with van der Waals surface area (Å²) in [4.78, 5) is 14.0. The van der Waals surface area contributed by atoms with E-state index in [2.05, 4.69) is 14.8 Å². The predicted octanol–water partition coefficient (Wildman–Crippen LogP) is 4.55. The number of benzene rings is 2. The summed E-state index contributed by atoms with van der Waals surface area (Å²) in [5, 5.41) is 9.24. The highest BCUT2D eigenvalue weighted by Gasteiger charge is 2.38. The maximum absolute atomic E-state index is 15.9. The quantitative estimate of drug-likeness (QED) is 0.366. The molecule has 0 aliphatic carbocycles. The van der Waals surface area contributed by atoms with Gasteiger partial charge in [-0.3, -0.25) is 4.57 Å². The molecule has 2 aromatic heterocycles. The second-order valence-electron chi connectivity index (χ2n) is 10.8. The van der Waals surface area contributed by atoms with Gasteiger partial charge < -0.3 is 19.3 Å². The molecule has 0 radical (unpaired) electrons. The number of rotatable bonds is 5. The zero-order chi connectivity index (χ0) is 27.4. The van der Waals surface area contributed by atoms with Crippen LogP contribution in [0.1, 0.15) is 12.0 Å². The molecule has 3 saturated heterocycles. The van der Waals surface area contributed by atoms with Crippen LogP contribution in [0.15, 0.2) is 48.7 Å². The molecule has 4 aromatic rings. The first-order valence-electron chi connectivity index (χ1n) is 13.5. The average Bonchev–Trinajstić information content (AvgIpc) is 3.75. The molecule has 40 heavy (non-hydrogen) atoms. The lowest BCUT2D eigenvalue weighted by atomic mass is 10.0. The summed E-state index contributed by atoms with van der Waals surface area (Å²) >= 11 is 0. The van der Waals surface area contributed by atoms with Crippen LogP contribution >= 0.6 is 0 Å². The summed E-state index contributed by atoms with van der Waals surface area (Å²) in [6, 6.07) is 13.3. The van der Waals surface area contributed by atoms with Crippen LogP contribution in [0.2, 0.25) is 0 Å². The van der Waals surface area contributed by atoms with Crippen molar-refractivity contribution in [1.82, 2.24) is 14.5 Å². The Labute approximate surface area is 230 Å². The van der Waals surface area contributed by atoms with Crippen LogP contribution in [0.3, 0.4) is 0 Å². The first kappa shape index (κ1) is 24.9. The molecule has 204 valence electrons. The zero-order valence-electron chi connectivity index (χ0n) is 22.1.